The maximum atomic E-state index is 12.6. The molecular weight excluding hydrogens is 476 g/mol. The Morgan fingerprint density at radius 3 is 1.78 bits per heavy atom. The van der Waals surface area contributed by atoms with E-state index in [1.54, 1.807) is 6.92 Å². The predicted octanol–water partition coefficient (Wildman–Crippen LogP) is 5.36. The number of benzene rings is 2. The average Bonchev–Trinajstić information content (AvgIpc) is 2.69. The number of ether oxygens (including phenoxy) is 2. The highest BCUT2D eigenvalue weighted by molar-refractivity contribution is 9.10. The number of hydrogen-bond acceptors (Lipinski definition) is 4. The van der Waals surface area contributed by atoms with Gasteiger partial charge in [0, 0.05) is 14.9 Å². The summed E-state index contributed by atoms with van der Waals surface area (Å²) in [7, 11) is 2.53. The van der Waals surface area contributed by atoms with E-state index < -0.39 is 23.3 Å². The molecule has 0 spiro atoms. The van der Waals surface area contributed by atoms with Crippen molar-refractivity contribution in [2.24, 2.45) is 5.41 Å². The van der Waals surface area contributed by atoms with Crippen molar-refractivity contribution in [1.29, 1.82) is 0 Å². The highest BCUT2D eigenvalue weighted by Gasteiger charge is 2.50. The van der Waals surface area contributed by atoms with Crippen molar-refractivity contribution in [3.8, 4) is 0 Å². The van der Waals surface area contributed by atoms with Gasteiger partial charge in [0.1, 0.15) is 0 Å². The van der Waals surface area contributed by atoms with Crippen LogP contribution < -0.4 is 0 Å². The van der Waals surface area contributed by atoms with E-state index in [-0.39, 0.29) is 0 Å². The third-order valence-electron chi connectivity index (χ3n) is 4.42. The van der Waals surface area contributed by atoms with Crippen LogP contribution in [0.5, 0.6) is 0 Å². The number of rotatable bonds is 6. The lowest BCUT2D eigenvalue weighted by Crippen LogP contribution is -2.43. The van der Waals surface area contributed by atoms with Crippen LogP contribution in [0.15, 0.2) is 63.6 Å². The van der Waals surface area contributed by atoms with E-state index in [1.807, 2.05) is 60.7 Å². The van der Waals surface area contributed by atoms with Crippen LogP contribution in [0.3, 0.4) is 0 Å². The second-order valence-corrected chi connectivity index (χ2v) is 7.96. The van der Waals surface area contributed by atoms with Crippen LogP contribution in [0.1, 0.15) is 24.0 Å². The van der Waals surface area contributed by atoms with E-state index in [1.165, 1.54) is 14.2 Å². The summed E-state index contributed by atoms with van der Waals surface area (Å²) in [6.45, 7) is 1.54. The highest BCUT2D eigenvalue weighted by Crippen LogP contribution is 2.40. The topological polar surface area (TPSA) is 52.6 Å². The van der Waals surface area contributed by atoms with Gasteiger partial charge >= 0.3 is 11.9 Å². The first-order chi connectivity index (χ1) is 12.8. The zero-order valence-corrected chi connectivity index (χ0v) is 18.4. The van der Waals surface area contributed by atoms with Crippen molar-refractivity contribution in [2.45, 2.75) is 12.8 Å². The molecule has 0 fully saturated rings. The molecule has 27 heavy (non-hydrogen) atoms. The number of methoxy groups -OCH3 is 2. The minimum Gasteiger partial charge on any atom is -0.468 e. The van der Waals surface area contributed by atoms with E-state index in [2.05, 4.69) is 31.9 Å². The Labute approximate surface area is 175 Å². The Kier molecular flexibility index (Phi) is 7.39. The molecule has 0 aromatic heterocycles. The molecule has 1 unspecified atom stereocenters. The van der Waals surface area contributed by atoms with Gasteiger partial charge in [-0.3, -0.25) is 9.59 Å². The third kappa shape index (κ3) is 4.87. The van der Waals surface area contributed by atoms with Gasteiger partial charge in [-0.25, -0.2) is 0 Å². The summed E-state index contributed by atoms with van der Waals surface area (Å²) >= 11 is 6.81. The zero-order chi connectivity index (χ0) is 20.0. The molecule has 4 nitrogen and oxygen atoms in total. The standard InChI is InChI=1S/C21H20Br2O4/c1-21(19(24)26-2,20(25)27-3)18(15-7-11-17(23)12-8-15)13-6-14-4-9-16(22)10-5-14/h4-13,18H,1-3H3/b13-6+. The number of carbonyl (C=O) groups excluding carboxylic acids is 2. The molecule has 0 aliphatic rings. The smallest absolute Gasteiger partial charge is 0.323 e. The number of esters is 2. The molecule has 0 saturated heterocycles. The average molecular weight is 496 g/mol. The van der Waals surface area contributed by atoms with E-state index in [9.17, 15) is 9.59 Å². The van der Waals surface area contributed by atoms with Gasteiger partial charge in [0.25, 0.3) is 0 Å². The Bertz CT molecular complexity index is 810. The largest absolute Gasteiger partial charge is 0.468 e. The molecule has 2 aromatic carbocycles. The molecule has 2 aromatic rings. The Balaban J connectivity index is 2.56. The van der Waals surface area contributed by atoms with E-state index in [0.29, 0.717) is 0 Å². The molecule has 0 amide bonds. The van der Waals surface area contributed by atoms with Crippen molar-refractivity contribution in [3.05, 3.63) is 74.7 Å². The lowest BCUT2D eigenvalue weighted by atomic mass is 9.73. The normalized spacial score (nSPS) is 12.6. The van der Waals surface area contributed by atoms with Crippen LogP contribution in [-0.4, -0.2) is 26.2 Å². The molecule has 142 valence electrons. The van der Waals surface area contributed by atoms with Gasteiger partial charge in [0.05, 0.1) is 14.2 Å². The van der Waals surface area contributed by atoms with Gasteiger partial charge in [-0.05, 0) is 42.3 Å². The van der Waals surface area contributed by atoms with E-state index >= 15 is 0 Å². The quantitative estimate of drug-likeness (QED) is 0.399. The van der Waals surface area contributed by atoms with E-state index in [4.69, 9.17) is 9.47 Å². The van der Waals surface area contributed by atoms with E-state index in [0.717, 1.165) is 20.1 Å². The summed E-state index contributed by atoms with van der Waals surface area (Å²) in [6.07, 6.45) is 3.71. The van der Waals surface area contributed by atoms with Crippen molar-refractivity contribution in [3.63, 3.8) is 0 Å². The number of halogens is 2. The molecule has 2 rings (SSSR count). The summed E-state index contributed by atoms with van der Waals surface area (Å²) < 4.78 is 11.8. The van der Waals surface area contributed by atoms with Gasteiger partial charge in [-0.15, -0.1) is 0 Å². The molecule has 0 bridgehead atoms. The van der Waals surface area contributed by atoms with Gasteiger partial charge in [-0.2, -0.15) is 0 Å². The lowest BCUT2D eigenvalue weighted by Gasteiger charge is -2.31. The van der Waals surface area contributed by atoms with Crippen molar-refractivity contribution in [2.75, 3.05) is 14.2 Å². The molecule has 0 radical (unpaired) electrons. The summed E-state index contributed by atoms with van der Waals surface area (Å²) in [4.78, 5) is 25.2. The first-order valence-electron chi connectivity index (χ1n) is 8.19. The van der Waals surface area contributed by atoms with Crippen molar-refractivity contribution >= 4 is 49.9 Å². The zero-order valence-electron chi connectivity index (χ0n) is 15.2. The third-order valence-corrected chi connectivity index (χ3v) is 5.48. The van der Waals surface area contributed by atoms with Crippen LogP contribution >= 0.6 is 31.9 Å². The second-order valence-electron chi connectivity index (χ2n) is 6.13. The molecular formula is C21H20Br2O4. The molecule has 0 saturated carbocycles. The maximum Gasteiger partial charge on any atom is 0.323 e. The van der Waals surface area contributed by atoms with Gasteiger partial charge in [0.15, 0.2) is 5.41 Å². The van der Waals surface area contributed by atoms with Crippen molar-refractivity contribution < 1.29 is 19.1 Å². The highest BCUT2D eigenvalue weighted by atomic mass is 79.9. The summed E-state index contributed by atoms with van der Waals surface area (Å²) in [6, 6.07) is 15.2. The minimum absolute atomic E-state index is 0.575. The van der Waals surface area contributed by atoms with Gasteiger partial charge in [-0.1, -0.05) is 68.3 Å². The molecule has 0 aliphatic heterocycles. The van der Waals surface area contributed by atoms with Gasteiger partial charge < -0.3 is 9.47 Å². The summed E-state index contributed by atoms with van der Waals surface area (Å²) in [5, 5.41) is 0. The van der Waals surface area contributed by atoms with Crippen LogP contribution in [0.25, 0.3) is 6.08 Å². The van der Waals surface area contributed by atoms with Gasteiger partial charge in [0.2, 0.25) is 0 Å². The maximum absolute atomic E-state index is 12.6. The molecule has 0 heterocycles. The Morgan fingerprint density at radius 2 is 1.33 bits per heavy atom. The fourth-order valence-corrected chi connectivity index (χ4v) is 3.38. The Morgan fingerprint density at radius 1 is 0.889 bits per heavy atom. The van der Waals surface area contributed by atoms with Crippen molar-refractivity contribution in [1.82, 2.24) is 0 Å². The fourth-order valence-electron chi connectivity index (χ4n) is 2.85. The Hall–Kier alpha value is -1.92. The SMILES string of the molecule is COC(=O)C(C)(C(=O)OC)C(/C=C/c1ccc(Br)cc1)c1ccc(Br)cc1. The fraction of sp³-hybridized carbons (Fsp3) is 0.238. The first kappa shape index (κ1) is 21.4. The second kappa shape index (κ2) is 9.33. The van der Waals surface area contributed by atoms with Crippen LogP contribution in [0, 0.1) is 5.41 Å². The number of allylic oxidation sites excluding steroid dienone is 1. The van der Waals surface area contributed by atoms with Crippen LogP contribution in [-0.2, 0) is 19.1 Å². The van der Waals surface area contributed by atoms with Crippen LogP contribution in [0.4, 0.5) is 0 Å². The minimum atomic E-state index is -1.52. The monoisotopic (exact) mass is 494 g/mol. The number of carbonyl (C=O) groups is 2. The molecule has 0 aliphatic carbocycles. The lowest BCUT2D eigenvalue weighted by molar-refractivity contribution is -0.168. The summed E-state index contributed by atoms with van der Waals surface area (Å²) in [5.74, 6) is -1.88. The molecule has 6 heteroatoms. The number of hydrogen-bond donors (Lipinski definition) is 0. The predicted molar refractivity (Wildman–Crippen MR) is 112 cm³/mol. The summed E-state index contributed by atoms with van der Waals surface area (Å²) in [5.41, 5.74) is 0.214. The molecule has 0 N–H and O–H groups in total. The molecule has 1 atom stereocenters. The first-order valence-corrected chi connectivity index (χ1v) is 9.77. The van der Waals surface area contributed by atoms with Crippen LogP contribution in [0.2, 0.25) is 0 Å².